The maximum absolute atomic E-state index is 4.19. The number of imidazole rings is 1. The molecular formula is C11H14N4. The maximum atomic E-state index is 4.19. The molecule has 0 radical (unpaired) electrons. The number of aromatic amines is 1. The molecule has 0 spiro atoms. The molecule has 4 nitrogen and oxygen atoms in total. The Balaban J connectivity index is 1.89. The number of nitrogens with one attached hydrogen (secondary N) is 2. The quantitative estimate of drug-likeness (QED) is 0.792. The largest absolute Gasteiger partial charge is 0.347 e. The summed E-state index contributed by atoms with van der Waals surface area (Å²) in [6.07, 6.45) is 7.23. The second-order valence-electron chi connectivity index (χ2n) is 3.44. The van der Waals surface area contributed by atoms with Crippen LogP contribution < -0.4 is 5.32 Å². The zero-order valence-corrected chi connectivity index (χ0v) is 8.64. The van der Waals surface area contributed by atoms with Crippen LogP contribution in [0, 0.1) is 0 Å². The molecule has 0 fully saturated rings. The molecule has 0 aliphatic heterocycles. The Labute approximate surface area is 88.8 Å². The van der Waals surface area contributed by atoms with E-state index < -0.39 is 0 Å². The molecule has 2 heterocycles. The standard InChI is InChI=1S/C11H14N4/c1-9(11-13-5-6-14-11)15-8-10-3-2-4-12-7-10/h2-7,9,15H,8H2,1H3,(H,13,14). The molecule has 0 saturated carbocycles. The Bertz CT molecular complexity index is 382. The van der Waals surface area contributed by atoms with Gasteiger partial charge in [-0.15, -0.1) is 0 Å². The van der Waals surface area contributed by atoms with E-state index in [-0.39, 0.29) is 6.04 Å². The first-order chi connectivity index (χ1) is 7.36. The molecule has 1 unspecified atom stereocenters. The minimum atomic E-state index is 0.222. The molecule has 2 aromatic heterocycles. The van der Waals surface area contributed by atoms with Crippen LogP contribution >= 0.6 is 0 Å². The molecule has 0 amide bonds. The van der Waals surface area contributed by atoms with Crippen LogP contribution in [0.3, 0.4) is 0 Å². The van der Waals surface area contributed by atoms with E-state index in [9.17, 15) is 0 Å². The smallest absolute Gasteiger partial charge is 0.122 e. The lowest BCUT2D eigenvalue weighted by molar-refractivity contribution is 0.550. The van der Waals surface area contributed by atoms with Crippen LogP contribution in [0.5, 0.6) is 0 Å². The summed E-state index contributed by atoms with van der Waals surface area (Å²) in [4.78, 5) is 11.3. The molecule has 2 rings (SSSR count). The van der Waals surface area contributed by atoms with Crippen molar-refractivity contribution in [3.05, 3.63) is 48.3 Å². The Morgan fingerprint density at radius 1 is 1.47 bits per heavy atom. The third kappa shape index (κ3) is 2.63. The van der Waals surface area contributed by atoms with Gasteiger partial charge in [0.1, 0.15) is 5.82 Å². The van der Waals surface area contributed by atoms with Crippen LogP contribution in [-0.4, -0.2) is 15.0 Å². The Morgan fingerprint density at radius 2 is 2.40 bits per heavy atom. The number of rotatable bonds is 4. The number of nitrogens with zero attached hydrogens (tertiary/aromatic N) is 2. The molecule has 78 valence electrons. The lowest BCUT2D eigenvalue weighted by Gasteiger charge is -2.10. The highest BCUT2D eigenvalue weighted by atomic mass is 15.0. The zero-order valence-electron chi connectivity index (χ0n) is 8.64. The van der Waals surface area contributed by atoms with E-state index in [1.807, 2.05) is 18.5 Å². The molecular weight excluding hydrogens is 188 g/mol. The molecule has 2 aromatic rings. The van der Waals surface area contributed by atoms with E-state index >= 15 is 0 Å². The molecule has 1 atom stereocenters. The Morgan fingerprint density at radius 3 is 3.07 bits per heavy atom. The highest BCUT2D eigenvalue weighted by Crippen LogP contribution is 2.06. The summed E-state index contributed by atoms with van der Waals surface area (Å²) in [6, 6.07) is 4.21. The molecule has 0 saturated heterocycles. The van der Waals surface area contributed by atoms with Gasteiger partial charge < -0.3 is 10.3 Å². The van der Waals surface area contributed by atoms with Crippen molar-refractivity contribution in [1.82, 2.24) is 20.3 Å². The first-order valence-electron chi connectivity index (χ1n) is 4.98. The molecule has 0 aliphatic rings. The van der Waals surface area contributed by atoms with Crippen LogP contribution in [0.4, 0.5) is 0 Å². The van der Waals surface area contributed by atoms with Crippen molar-refractivity contribution >= 4 is 0 Å². The van der Waals surface area contributed by atoms with E-state index in [1.165, 1.54) is 5.56 Å². The fraction of sp³-hybridized carbons (Fsp3) is 0.273. The number of aromatic nitrogens is 3. The van der Waals surface area contributed by atoms with Gasteiger partial charge in [-0.3, -0.25) is 4.98 Å². The van der Waals surface area contributed by atoms with Crippen LogP contribution in [0.25, 0.3) is 0 Å². The average molecular weight is 202 g/mol. The molecule has 0 aliphatic carbocycles. The van der Waals surface area contributed by atoms with Crippen LogP contribution in [0.15, 0.2) is 36.9 Å². The van der Waals surface area contributed by atoms with E-state index in [0.717, 1.165) is 12.4 Å². The van der Waals surface area contributed by atoms with Crippen molar-refractivity contribution in [2.45, 2.75) is 19.5 Å². The third-order valence-electron chi connectivity index (χ3n) is 2.26. The van der Waals surface area contributed by atoms with Gasteiger partial charge in [0.05, 0.1) is 6.04 Å². The molecule has 2 N–H and O–H groups in total. The monoisotopic (exact) mass is 202 g/mol. The number of hydrogen-bond acceptors (Lipinski definition) is 3. The number of hydrogen-bond donors (Lipinski definition) is 2. The van der Waals surface area contributed by atoms with Crippen molar-refractivity contribution in [3.8, 4) is 0 Å². The molecule has 15 heavy (non-hydrogen) atoms. The lowest BCUT2D eigenvalue weighted by Crippen LogP contribution is -2.19. The van der Waals surface area contributed by atoms with Gasteiger partial charge in [-0.05, 0) is 18.6 Å². The normalized spacial score (nSPS) is 12.6. The SMILES string of the molecule is CC(NCc1cccnc1)c1ncc[nH]1. The average Bonchev–Trinajstić information content (AvgIpc) is 2.81. The van der Waals surface area contributed by atoms with Gasteiger partial charge >= 0.3 is 0 Å². The first-order valence-corrected chi connectivity index (χ1v) is 4.98. The number of pyridine rings is 1. The van der Waals surface area contributed by atoms with E-state index in [2.05, 4.69) is 33.3 Å². The van der Waals surface area contributed by atoms with Crippen molar-refractivity contribution in [3.63, 3.8) is 0 Å². The topological polar surface area (TPSA) is 53.6 Å². The van der Waals surface area contributed by atoms with Gasteiger partial charge in [-0.1, -0.05) is 6.07 Å². The van der Waals surface area contributed by atoms with Crippen LogP contribution in [0.1, 0.15) is 24.4 Å². The fourth-order valence-corrected chi connectivity index (χ4v) is 1.38. The second-order valence-corrected chi connectivity index (χ2v) is 3.44. The summed E-state index contributed by atoms with van der Waals surface area (Å²) in [6.45, 7) is 2.88. The van der Waals surface area contributed by atoms with Gasteiger partial charge in [-0.25, -0.2) is 4.98 Å². The van der Waals surface area contributed by atoms with Crippen LogP contribution in [0.2, 0.25) is 0 Å². The number of H-pyrrole nitrogens is 1. The minimum absolute atomic E-state index is 0.222. The molecule has 4 heteroatoms. The zero-order chi connectivity index (χ0) is 10.5. The van der Waals surface area contributed by atoms with Gasteiger partial charge in [-0.2, -0.15) is 0 Å². The summed E-state index contributed by atoms with van der Waals surface area (Å²) in [5.74, 6) is 0.957. The fourth-order valence-electron chi connectivity index (χ4n) is 1.38. The predicted octanol–water partition coefficient (Wildman–Crippen LogP) is 1.66. The summed E-state index contributed by atoms with van der Waals surface area (Å²) >= 11 is 0. The van der Waals surface area contributed by atoms with Crippen molar-refractivity contribution in [1.29, 1.82) is 0 Å². The Hall–Kier alpha value is -1.68. The minimum Gasteiger partial charge on any atom is -0.347 e. The van der Waals surface area contributed by atoms with Gasteiger partial charge in [0.2, 0.25) is 0 Å². The predicted molar refractivity (Wildman–Crippen MR) is 58.1 cm³/mol. The first kappa shape index (κ1) is 9.86. The summed E-state index contributed by atoms with van der Waals surface area (Å²) in [5.41, 5.74) is 1.18. The van der Waals surface area contributed by atoms with Crippen molar-refractivity contribution in [2.24, 2.45) is 0 Å². The highest BCUT2D eigenvalue weighted by molar-refractivity contribution is 5.08. The second kappa shape index (κ2) is 4.70. The maximum Gasteiger partial charge on any atom is 0.122 e. The van der Waals surface area contributed by atoms with Crippen molar-refractivity contribution < 1.29 is 0 Å². The molecule has 0 aromatic carbocycles. The summed E-state index contributed by atoms with van der Waals surface area (Å²) < 4.78 is 0. The van der Waals surface area contributed by atoms with Crippen molar-refractivity contribution in [2.75, 3.05) is 0 Å². The van der Waals surface area contributed by atoms with E-state index in [1.54, 1.807) is 12.4 Å². The Kier molecular flexibility index (Phi) is 3.09. The van der Waals surface area contributed by atoms with E-state index in [4.69, 9.17) is 0 Å². The lowest BCUT2D eigenvalue weighted by atomic mass is 10.2. The van der Waals surface area contributed by atoms with E-state index in [0.29, 0.717) is 0 Å². The van der Waals surface area contributed by atoms with Gasteiger partial charge in [0.15, 0.2) is 0 Å². The van der Waals surface area contributed by atoms with Gasteiger partial charge in [0.25, 0.3) is 0 Å². The van der Waals surface area contributed by atoms with Crippen LogP contribution in [-0.2, 0) is 6.54 Å². The van der Waals surface area contributed by atoms with Gasteiger partial charge in [0, 0.05) is 31.3 Å². The highest BCUT2D eigenvalue weighted by Gasteiger charge is 2.05. The summed E-state index contributed by atoms with van der Waals surface area (Å²) in [7, 11) is 0. The summed E-state index contributed by atoms with van der Waals surface area (Å²) in [5, 5.41) is 3.37. The third-order valence-corrected chi connectivity index (χ3v) is 2.26. The molecule has 0 bridgehead atoms.